The maximum absolute atomic E-state index is 8.10. The summed E-state index contributed by atoms with van der Waals surface area (Å²) in [4.78, 5) is 12.2. The Morgan fingerprint density at radius 1 is 0.345 bits per heavy atom. The lowest BCUT2D eigenvalue weighted by Gasteiger charge is -2.44. The Bertz CT molecular complexity index is 4700. The number of hydrogen-bond donors (Lipinski definition) is 0. The standard InChI is InChI=1S/C78H50B2N4OS2/c1-7-26-51(27-8-1)81(52-28-9-2-10-29-52)57-46-68-74-70(48-57)85-76-64(79(74)62-41-20-22-43-66(62)83(68)55-34-15-5-16-35-55)50-65-78(73(76)61-40-25-39-60-59-38-19-24-45-71(59)86-77(60)61)87-72-49-58(82(53-30-11-3-12-31-53)54-32-13-4-14-33-54)47-69-75(72)80(65)63-42-21-23-44-67(63)84(69)56-36-17-6-18-37-56/h1-50H. The molecule has 0 spiro atoms. The van der Waals surface area contributed by atoms with Crippen LogP contribution in [0.5, 0.6) is 11.5 Å². The van der Waals surface area contributed by atoms with Gasteiger partial charge in [0.15, 0.2) is 0 Å². The summed E-state index contributed by atoms with van der Waals surface area (Å²) >= 11 is 3.78. The summed E-state index contributed by atoms with van der Waals surface area (Å²) in [5.74, 6) is 1.73. The summed E-state index contributed by atoms with van der Waals surface area (Å²) in [7, 11) is 0. The second-order valence-electron chi connectivity index (χ2n) is 22.7. The summed E-state index contributed by atoms with van der Waals surface area (Å²) in [5.41, 5.74) is 22.8. The molecule has 13 aromatic carbocycles. The van der Waals surface area contributed by atoms with E-state index in [1.807, 2.05) is 23.1 Å². The van der Waals surface area contributed by atoms with E-state index in [0.717, 1.165) is 90.5 Å². The number of rotatable bonds is 9. The Hall–Kier alpha value is -10.4. The van der Waals surface area contributed by atoms with E-state index in [2.05, 4.69) is 323 Å². The lowest BCUT2D eigenvalue weighted by molar-refractivity contribution is 0.488. The SMILES string of the molecule is c1ccc(N(c2ccccc2)c2cc3c4c(c2)N(c2ccccc2)c2ccccc2B4c2cc4c(c(-c5cccc6c5sc5ccccc56)c2O3)Sc2cc(N(c3ccccc3)c3ccccc3)cc3c2B4c2ccccc2N3c2ccccc2)cc1. The van der Waals surface area contributed by atoms with Crippen LogP contribution in [0, 0.1) is 0 Å². The van der Waals surface area contributed by atoms with Crippen LogP contribution in [-0.4, -0.2) is 13.4 Å². The van der Waals surface area contributed by atoms with Crippen LogP contribution in [0.2, 0.25) is 0 Å². The van der Waals surface area contributed by atoms with E-state index in [1.54, 1.807) is 0 Å². The molecule has 0 unspecified atom stereocenters. The minimum absolute atomic E-state index is 0.141. The number of anilines is 12. The molecule has 5 nitrogen and oxygen atoms in total. The lowest BCUT2D eigenvalue weighted by Crippen LogP contribution is -2.63. The first kappa shape index (κ1) is 49.9. The minimum Gasteiger partial charge on any atom is -0.458 e. The molecule has 87 heavy (non-hydrogen) atoms. The Morgan fingerprint density at radius 3 is 1.37 bits per heavy atom. The number of ether oxygens (including phenoxy) is 1. The van der Waals surface area contributed by atoms with Crippen molar-refractivity contribution in [3.63, 3.8) is 0 Å². The van der Waals surface area contributed by atoms with Gasteiger partial charge in [0.25, 0.3) is 6.71 Å². The van der Waals surface area contributed by atoms with Crippen LogP contribution >= 0.6 is 23.1 Å². The maximum Gasteiger partial charge on any atom is 0.256 e. The molecule has 0 saturated heterocycles. The zero-order valence-electron chi connectivity index (χ0n) is 47.0. The number of thiophene rings is 1. The highest BCUT2D eigenvalue weighted by Gasteiger charge is 2.48. The predicted octanol–water partition coefficient (Wildman–Crippen LogP) is 17.8. The third-order valence-electron chi connectivity index (χ3n) is 17.9. The van der Waals surface area contributed by atoms with Crippen molar-refractivity contribution >= 4 is 158 Å². The molecule has 5 heterocycles. The molecule has 0 N–H and O–H groups in total. The summed E-state index contributed by atoms with van der Waals surface area (Å²) in [6.45, 7) is -0.341. The van der Waals surface area contributed by atoms with Crippen molar-refractivity contribution < 1.29 is 4.74 Å². The van der Waals surface area contributed by atoms with Gasteiger partial charge in [0.1, 0.15) is 11.5 Å². The van der Waals surface area contributed by atoms with Crippen molar-refractivity contribution in [2.24, 2.45) is 0 Å². The largest absolute Gasteiger partial charge is 0.458 e. The molecule has 0 radical (unpaired) electrons. The molecule has 0 fully saturated rings. The molecular weight excluding hydrogens is 1090 g/mol. The normalized spacial score (nSPS) is 13.0. The molecule has 1 aromatic heterocycles. The van der Waals surface area contributed by atoms with Gasteiger partial charge in [-0.3, -0.25) is 0 Å². The summed E-state index contributed by atoms with van der Waals surface area (Å²) in [5, 5.41) is 2.51. The van der Waals surface area contributed by atoms with E-state index in [4.69, 9.17) is 4.74 Å². The maximum atomic E-state index is 8.10. The van der Waals surface area contributed by atoms with Crippen LogP contribution < -0.4 is 57.1 Å². The Morgan fingerprint density at radius 2 is 0.805 bits per heavy atom. The van der Waals surface area contributed by atoms with Gasteiger partial charge in [-0.25, -0.2) is 0 Å². The van der Waals surface area contributed by atoms with Gasteiger partial charge in [-0.05, 0) is 137 Å². The zero-order chi connectivity index (χ0) is 57.1. The first-order chi connectivity index (χ1) is 43.2. The number of fused-ring (bicyclic) bond motifs is 11. The molecule has 0 atom stereocenters. The molecule has 406 valence electrons. The highest BCUT2D eigenvalue weighted by atomic mass is 32.2. The van der Waals surface area contributed by atoms with Crippen LogP contribution in [0.15, 0.2) is 313 Å². The van der Waals surface area contributed by atoms with E-state index in [-0.39, 0.29) is 13.4 Å². The molecule has 14 aromatic rings. The van der Waals surface area contributed by atoms with Gasteiger partial charge >= 0.3 is 0 Å². The monoisotopic (exact) mass is 1140 g/mol. The fraction of sp³-hybridized carbons (Fsp3) is 0. The smallest absolute Gasteiger partial charge is 0.256 e. The topological polar surface area (TPSA) is 22.2 Å². The minimum atomic E-state index is -0.199. The first-order valence-electron chi connectivity index (χ1n) is 29.7. The first-order valence-corrected chi connectivity index (χ1v) is 31.3. The van der Waals surface area contributed by atoms with E-state index in [1.165, 1.54) is 63.1 Å². The van der Waals surface area contributed by atoms with Crippen LogP contribution in [0.4, 0.5) is 68.2 Å². The third kappa shape index (κ3) is 7.83. The van der Waals surface area contributed by atoms with Gasteiger partial charge in [-0.1, -0.05) is 205 Å². The summed E-state index contributed by atoms with van der Waals surface area (Å²) in [6.07, 6.45) is 0. The average Bonchev–Trinajstić information content (AvgIpc) is 0.896. The quantitative estimate of drug-likeness (QED) is 0.133. The average molecular weight is 1150 g/mol. The summed E-state index contributed by atoms with van der Waals surface area (Å²) in [6, 6.07) is 111. The van der Waals surface area contributed by atoms with E-state index >= 15 is 0 Å². The molecule has 0 amide bonds. The van der Waals surface area contributed by atoms with Crippen molar-refractivity contribution in [3.8, 4) is 22.6 Å². The molecular formula is C78H50B2N4OS2. The van der Waals surface area contributed by atoms with Crippen LogP contribution in [0.1, 0.15) is 0 Å². The molecule has 18 rings (SSSR count). The molecule has 0 saturated carbocycles. The van der Waals surface area contributed by atoms with Crippen molar-refractivity contribution in [2.75, 3.05) is 19.6 Å². The highest BCUT2D eigenvalue weighted by Crippen LogP contribution is 2.54. The van der Waals surface area contributed by atoms with E-state index in [9.17, 15) is 0 Å². The van der Waals surface area contributed by atoms with E-state index < -0.39 is 0 Å². The van der Waals surface area contributed by atoms with Gasteiger partial charge in [-0.2, -0.15) is 0 Å². The van der Waals surface area contributed by atoms with Crippen molar-refractivity contribution in [3.05, 3.63) is 303 Å². The molecule has 9 heteroatoms. The van der Waals surface area contributed by atoms with Crippen molar-refractivity contribution in [1.29, 1.82) is 0 Å². The van der Waals surface area contributed by atoms with Crippen molar-refractivity contribution in [2.45, 2.75) is 9.79 Å². The molecule has 4 aliphatic heterocycles. The van der Waals surface area contributed by atoms with Crippen LogP contribution in [-0.2, 0) is 0 Å². The highest BCUT2D eigenvalue weighted by molar-refractivity contribution is 8.00. The lowest BCUT2D eigenvalue weighted by atomic mass is 9.31. The molecule has 4 aliphatic rings. The third-order valence-corrected chi connectivity index (χ3v) is 20.3. The van der Waals surface area contributed by atoms with Gasteiger partial charge in [0.05, 0.1) is 5.69 Å². The van der Waals surface area contributed by atoms with E-state index in [0.29, 0.717) is 0 Å². The van der Waals surface area contributed by atoms with Gasteiger partial charge in [-0.15, -0.1) is 11.3 Å². The number of nitrogens with zero attached hydrogens (tertiary/aromatic N) is 4. The van der Waals surface area contributed by atoms with Gasteiger partial charge < -0.3 is 24.3 Å². The zero-order valence-corrected chi connectivity index (χ0v) is 48.7. The second-order valence-corrected chi connectivity index (χ2v) is 24.8. The van der Waals surface area contributed by atoms with Crippen LogP contribution in [0.25, 0.3) is 31.3 Å². The van der Waals surface area contributed by atoms with Gasteiger partial charge in [0, 0.05) is 110 Å². The molecule has 0 bridgehead atoms. The van der Waals surface area contributed by atoms with Gasteiger partial charge in [0.2, 0.25) is 6.71 Å². The van der Waals surface area contributed by atoms with Crippen LogP contribution in [0.3, 0.4) is 0 Å². The Kier molecular flexibility index (Phi) is 11.5. The summed E-state index contributed by atoms with van der Waals surface area (Å²) < 4.78 is 10.6. The molecule has 0 aliphatic carbocycles. The number of hydrogen-bond acceptors (Lipinski definition) is 7. The predicted molar refractivity (Wildman–Crippen MR) is 370 cm³/mol. The Balaban J connectivity index is 0.960. The fourth-order valence-electron chi connectivity index (χ4n) is 14.3. The fourth-order valence-corrected chi connectivity index (χ4v) is 16.9. The number of para-hydroxylation sites is 8. The Labute approximate surface area is 514 Å². The van der Waals surface area contributed by atoms with Crippen molar-refractivity contribution in [1.82, 2.24) is 0 Å². The second kappa shape index (κ2) is 20.1. The number of benzene rings is 13.